The summed E-state index contributed by atoms with van der Waals surface area (Å²) >= 11 is 1.33. The summed E-state index contributed by atoms with van der Waals surface area (Å²) in [5, 5.41) is 4.19. The van der Waals surface area contributed by atoms with Crippen molar-refractivity contribution in [3.8, 4) is 11.5 Å². The molecule has 1 fully saturated rings. The number of nitrogens with zero attached hydrogens (tertiary/aromatic N) is 1. The van der Waals surface area contributed by atoms with E-state index < -0.39 is 5.97 Å². The van der Waals surface area contributed by atoms with Crippen LogP contribution in [-0.4, -0.2) is 32.3 Å². The van der Waals surface area contributed by atoms with E-state index in [1.807, 2.05) is 42.2 Å². The van der Waals surface area contributed by atoms with Crippen LogP contribution in [0.5, 0.6) is 11.5 Å². The molecule has 1 unspecified atom stereocenters. The summed E-state index contributed by atoms with van der Waals surface area (Å²) in [4.78, 5) is 15.1. The molecule has 0 aliphatic carbocycles. The van der Waals surface area contributed by atoms with Gasteiger partial charge in [0.05, 0.1) is 12.8 Å². The van der Waals surface area contributed by atoms with Crippen LogP contribution in [0.1, 0.15) is 59.2 Å². The summed E-state index contributed by atoms with van der Waals surface area (Å²) in [5.41, 5.74) is 4.33. The van der Waals surface area contributed by atoms with E-state index in [2.05, 4.69) is 43.9 Å². The van der Waals surface area contributed by atoms with E-state index in [-0.39, 0.29) is 12.2 Å². The Kier molecular flexibility index (Phi) is 8.90. The topological polar surface area (TPSA) is 60.0 Å². The van der Waals surface area contributed by atoms with Crippen LogP contribution >= 0.6 is 11.3 Å². The number of aryl methyl sites for hydroxylation is 2. The third kappa shape index (κ3) is 6.17. The van der Waals surface area contributed by atoms with Gasteiger partial charge in [-0.2, -0.15) is 0 Å². The summed E-state index contributed by atoms with van der Waals surface area (Å²) in [5.74, 6) is 0.904. The van der Waals surface area contributed by atoms with Crippen molar-refractivity contribution in [2.24, 2.45) is 0 Å². The molecule has 37 heavy (non-hydrogen) atoms. The number of methoxy groups -OCH3 is 1. The van der Waals surface area contributed by atoms with Crippen molar-refractivity contribution in [2.45, 2.75) is 52.2 Å². The van der Waals surface area contributed by atoms with Crippen molar-refractivity contribution in [1.29, 1.82) is 0 Å². The molecule has 0 bridgehead atoms. The lowest BCUT2D eigenvalue weighted by Gasteiger charge is -2.26. The lowest BCUT2D eigenvalue weighted by molar-refractivity contribution is 0.0600. The third-order valence-electron chi connectivity index (χ3n) is 6.69. The van der Waals surface area contributed by atoms with Crippen molar-refractivity contribution in [2.75, 3.05) is 25.1 Å². The first-order chi connectivity index (χ1) is 17.9. The molecule has 1 atom stereocenters. The lowest BCUT2D eigenvalue weighted by Crippen LogP contribution is -2.34. The standard InChI is InChI=1S/C30H36N2O4S/c1-6-22-12-13-24(36-23-14-16-31-17-15-23)18-26(22)32(7-2)28-19-27(29(37-28)30(33)34-5)35-21(4)25-11-9-8-10-20(25)3/h7-13,18-19,21,23,31H,2,6,14-17H2,1,3-5H3. The minimum Gasteiger partial charge on any atom is -0.490 e. The average Bonchev–Trinajstić information content (AvgIpc) is 3.32. The van der Waals surface area contributed by atoms with Crippen LogP contribution in [0.3, 0.4) is 0 Å². The number of hydrogen-bond acceptors (Lipinski definition) is 7. The average molecular weight is 521 g/mol. The molecule has 0 radical (unpaired) electrons. The van der Waals surface area contributed by atoms with Gasteiger partial charge in [0, 0.05) is 18.3 Å². The van der Waals surface area contributed by atoms with Gasteiger partial charge in [-0.05, 0) is 69.0 Å². The minimum absolute atomic E-state index is 0.203. The Morgan fingerprint density at radius 2 is 1.97 bits per heavy atom. The summed E-state index contributed by atoms with van der Waals surface area (Å²) < 4.78 is 17.8. The second-order valence-corrected chi connectivity index (χ2v) is 10.2. The number of piperidine rings is 1. The number of carbonyl (C=O) groups is 1. The molecule has 1 aliphatic rings. The predicted octanol–water partition coefficient (Wildman–Crippen LogP) is 6.96. The summed E-state index contributed by atoms with van der Waals surface area (Å²) in [6.45, 7) is 12.2. The first-order valence-electron chi connectivity index (χ1n) is 12.8. The van der Waals surface area contributed by atoms with Crippen LogP contribution in [0.4, 0.5) is 10.7 Å². The van der Waals surface area contributed by atoms with Crippen LogP contribution in [0.2, 0.25) is 0 Å². The molecule has 7 heteroatoms. The van der Waals surface area contributed by atoms with Gasteiger partial charge in [-0.25, -0.2) is 4.79 Å². The van der Waals surface area contributed by atoms with Crippen molar-refractivity contribution in [3.63, 3.8) is 0 Å². The van der Waals surface area contributed by atoms with E-state index in [9.17, 15) is 4.79 Å². The van der Waals surface area contributed by atoms with E-state index in [1.54, 1.807) is 6.20 Å². The highest BCUT2D eigenvalue weighted by molar-refractivity contribution is 7.18. The maximum Gasteiger partial charge on any atom is 0.351 e. The van der Waals surface area contributed by atoms with Crippen LogP contribution in [-0.2, 0) is 11.2 Å². The quantitative estimate of drug-likeness (QED) is 0.292. The van der Waals surface area contributed by atoms with Gasteiger partial charge >= 0.3 is 5.97 Å². The van der Waals surface area contributed by atoms with Gasteiger partial charge in [-0.15, -0.1) is 11.3 Å². The Hall–Kier alpha value is -3.29. The molecular weight excluding hydrogens is 484 g/mol. The van der Waals surface area contributed by atoms with Crippen molar-refractivity contribution < 1.29 is 19.0 Å². The molecule has 0 spiro atoms. The fourth-order valence-corrected chi connectivity index (χ4v) is 5.67. The number of anilines is 2. The van der Waals surface area contributed by atoms with Crippen LogP contribution in [0, 0.1) is 6.92 Å². The monoisotopic (exact) mass is 520 g/mol. The summed E-state index contributed by atoms with van der Waals surface area (Å²) in [6, 6.07) is 16.2. The first-order valence-corrected chi connectivity index (χ1v) is 13.6. The zero-order valence-corrected chi connectivity index (χ0v) is 22.9. The smallest absolute Gasteiger partial charge is 0.351 e. The minimum atomic E-state index is -0.425. The van der Waals surface area contributed by atoms with Crippen molar-refractivity contribution in [1.82, 2.24) is 5.32 Å². The van der Waals surface area contributed by atoms with Crippen LogP contribution < -0.4 is 19.7 Å². The van der Waals surface area contributed by atoms with Crippen molar-refractivity contribution in [3.05, 3.63) is 82.9 Å². The van der Waals surface area contributed by atoms with Gasteiger partial charge < -0.3 is 24.4 Å². The maximum atomic E-state index is 12.7. The second-order valence-electron chi connectivity index (χ2n) is 9.15. The van der Waals surface area contributed by atoms with Gasteiger partial charge in [0.1, 0.15) is 28.7 Å². The molecule has 3 aromatic rings. The van der Waals surface area contributed by atoms with Crippen molar-refractivity contribution >= 4 is 28.0 Å². The molecule has 1 aliphatic heterocycles. The lowest BCUT2D eigenvalue weighted by atomic mass is 10.0. The van der Waals surface area contributed by atoms with Gasteiger partial charge in [0.25, 0.3) is 0 Å². The molecular formula is C30H36N2O4S. The maximum absolute atomic E-state index is 12.7. The van der Waals surface area contributed by atoms with Gasteiger partial charge in [0.15, 0.2) is 4.88 Å². The molecule has 0 amide bonds. The number of thiophene rings is 1. The van der Waals surface area contributed by atoms with E-state index in [0.29, 0.717) is 10.6 Å². The van der Waals surface area contributed by atoms with E-state index in [0.717, 1.165) is 65.5 Å². The van der Waals surface area contributed by atoms with Gasteiger partial charge in [-0.1, -0.05) is 43.8 Å². The molecule has 1 N–H and O–H groups in total. The SMILES string of the molecule is C=CN(c1cc(OC(C)c2ccccc2C)c(C(=O)OC)s1)c1cc(OC2CCNCC2)ccc1CC. The Bertz CT molecular complexity index is 1230. The zero-order chi connectivity index (χ0) is 26.4. The Morgan fingerprint density at radius 3 is 2.65 bits per heavy atom. The third-order valence-corrected chi connectivity index (χ3v) is 7.79. The molecule has 196 valence electrons. The molecule has 6 nitrogen and oxygen atoms in total. The van der Waals surface area contributed by atoms with Gasteiger partial charge in [0.2, 0.25) is 0 Å². The Morgan fingerprint density at radius 1 is 1.22 bits per heavy atom. The number of hydrogen-bond donors (Lipinski definition) is 1. The first kappa shape index (κ1) is 26.8. The fraction of sp³-hybridized carbons (Fsp3) is 0.367. The number of rotatable bonds is 10. The number of benzene rings is 2. The van der Waals surface area contributed by atoms with E-state index >= 15 is 0 Å². The highest BCUT2D eigenvalue weighted by atomic mass is 32.1. The number of esters is 1. The molecule has 0 saturated carbocycles. The highest BCUT2D eigenvalue weighted by Crippen LogP contribution is 2.43. The normalized spacial score (nSPS) is 14.6. The predicted molar refractivity (Wildman–Crippen MR) is 151 cm³/mol. The van der Waals surface area contributed by atoms with E-state index in [4.69, 9.17) is 14.2 Å². The molecule has 1 aromatic heterocycles. The Balaban J connectivity index is 1.67. The number of carbonyl (C=O) groups excluding carboxylic acids is 1. The summed E-state index contributed by atoms with van der Waals surface area (Å²) in [6.07, 6.45) is 4.55. The number of ether oxygens (including phenoxy) is 3. The molecule has 4 rings (SSSR count). The molecule has 2 aromatic carbocycles. The zero-order valence-electron chi connectivity index (χ0n) is 22.1. The number of nitrogens with one attached hydrogen (secondary N) is 1. The second kappa shape index (κ2) is 12.3. The highest BCUT2D eigenvalue weighted by Gasteiger charge is 2.25. The largest absolute Gasteiger partial charge is 0.490 e. The van der Waals surface area contributed by atoms with Gasteiger partial charge in [-0.3, -0.25) is 0 Å². The van der Waals surface area contributed by atoms with E-state index in [1.165, 1.54) is 18.4 Å². The Labute approximate surface area is 223 Å². The van der Waals surface area contributed by atoms with Crippen LogP contribution in [0.15, 0.2) is 61.3 Å². The molecule has 1 saturated heterocycles. The summed E-state index contributed by atoms with van der Waals surface area (Å²) in [7, 11) is 1.39. The fourth-order valence-electron chi connectivity index (χ4n) is 4.65. The van der Waals surface area contributed by atoms with Crippen LogP contribution in [0.25, 0.3) is 0 Å². The molecule has 2 heterocycles.